The fourth-order valence-electron chi connectivity index (χ4n) is 4.99. The molecule has 0 spiro atoms. The lowest BCUT2D eigenvalue weighted by molar-refractivity contribution is -0.147. The van der Waals surface area contributed by atoms with Gasteiger partial charge in [0.25, 0.3) is 5.91 Å². The van der Waals surface area contributed by atoms with Gasteiger partial charge in [-0.25, -0.2) is 0 Å². The summed E-state index contributed by atoms with van der Waals surface area (Å²) in [6.45, 7) is 1.28. The van der Waals surface area contributed by atoms with E-state index in [0.29, 0.717) is 37.9 Å². The van der Waals surface area contributed by atoms with E-state index in [4.69, 9.17) is 9.47 Å². The van der Waals surface area contributed by atoms with Gasteiger partial charge in [0.05, 0.1) is 26.1 Å². The third-order valence-electron chi connectivity index (χ3n) is 6.92. The van der Waals surface area contributed by atoms with Crippen molar-refractivity contribution in [2.75, 3.05) is 45.2 Å². The van der Waals surface area contributed by atoms with E-state index in [1.54, 1.807) is 13.2 Å². The summed E-state index contributed by atoms with van der Waals surface area (Å²) in [6.07, 6.45) is 5.45. The molecule has 1 atom stereocenters. The van der Waals surface area contributed by atoms with Crippen molar-refractivity contribution in [1.82, 2.24) is 10.2 Å². The third kappa shape index (κ3) is 6.56. The van der Waals surface area contributed by atoms with Crippen LogP contribution >= 0.6 is 0 Å². The number of hydrogen-bond donors (Lipinski definition) is 2. The number of para-hydroxylation sites is 1. The molecule has 2 aliphatic rings. The number of anilines is 1. The minimum absolute atomic E-state index is 0.137. The molecule has 0 saturated heterocycles. The summed E-state index contributed by atoms with van der Waals surface area (Å²) in [6, 6.07) is 14.8. The Labute approximate surface area is 212 Å². The van der Waals surface area contributed by atoms with Gasteiger partial charge in [-0.2, -0.15) is 0 Å². The summed E-state index contributed by atoms with van der Waals surface area (Å²) in [5.41, 5.74) is 1.59. The molecular formula is C28H35N3O5. The molecule has 1 aliphatic heterocycles. The van der Waals surface area contributed by atoms with Crippen molar-refractivity contribution in [3.05, 3.63) is 54.1 Å². The molecule has 0 aromatic heterocycles. The fourth-order valence-corrected chi connectivity index (χ4v) is 4.99. The maximum Gasteiger partial charge on any atom is 0.291 e. The van der Waals surface area contributed by atoms with Crippen molar-refractivity contribution >= 4 is 23.3 Å². The summed E-state index contributed by atoms with van der Waals surface area (Å²) in [5, 5.41) is 6.02. The van der Waals surface area contributed by atoms with E-state index in [1.807, 2.05) is 42.5 Å². The van der Waals surface area contributed by atoms with Gasteiger partial charge in [0, 0.05) is 24.8 Å². The van der Waals surface area contributed by atoms with Gasteiger partial charge in [-0.05, 0) is 42.5 Å². The number of methoxy groups -OCH3 is 1. The summed E-state index contributed by atoms with van der Waals surface area (Å²) >= 11 is 0. The van der Waals surface area contributed by atoms with E-state index in [9.17, 15) is 14.4 Å². The highest BCUT2D eigenvalue weighted by atomic mass is 16.5. The van der Waals surface area contributed by atoms with E-state index >= 15 is 0 Å². The molecule has 2 aromatic carbocycles. The highest BCUT2D eigenvalue weighted by Gasteiger charge is 2.36. The summed E-state index contributed by atoms with van der Waals surface area (Å²) in [5.74, 6) is -0.216. The van der Waals surface area contributed by atoms with Crippen LogP contribution in [0.1, 0.15) is 43.6 Å². The van der Waals surface area contributed by atoms with Crippen molar-refractivity contribution in [3.8, 4) is 11.5 Å². The Balaban J connectivity index is 1.37. The van der Waals surface area contributed by atoms with Crippen LogP contribution in [-0.2, 0) is 14.4 Å². The van der Waals surface area contributed by atoms with E-state index < -0.39 is 17.6 Å². The topological polar surface area (TPSA) is 97.0 Å². The number of carbonyl (C=O) groups excluding carboxylic acids is 3. The predicted octanol–water partition coefficient (Wildman–Crippen LogP) is 3.38. The molecule has 2 amide bonds. The normalized spacial score (nSPS) is 17.0. The van der Waals surface area contributed by atoms with Gasteiger partial charge in [-0.1, -0.05) is 43.5 Å². The molecule has 1 fully saturated rings. The smallest absolute Gasteiger partial charge is 0.291 e. The van der Waals surface area contributed by atoms with Gasteiger partial charge in [-0.15, -0.1) is 0 Å². The average Bonchev–Trinajstić information content (AvgIpc) is 3.34. The minimum Gasteiger partial charge on any atom is -0.497 e. The Morgan fingerprint density at radius 3 is 2.56 bits per heavy atom. The first-order valence-corrected chi connectivity index (χ1v) is 12.7. The van der Waals surface area contributed by atoms with E-state index in [1.165, 1.54) is 11.3 Å². The lowest BCUT2D eigenvalue weighted by atomic mass is 9.88. The molecule has 1 unspecified atom stereocenters. The molecule has 2 N–H and O–H groups in total. The van der Waals surface area contributed by atoms with Crippen LogP contribution in [0.25, 0.3) is 0 Å². The highest BCUT2D eigenvalue weighted by molar-refractivity contribution is 6.38. The molecule has 36 heavy (non-hydrogen) atoms. The standard InChI is InChI=1S/C28H35N3O5/c1-35-22-12-13-23-24(17-30-25(23)16-22)27(33)28(34)31(18-20-8-4-2-5-9-20)19-26(32)29-14-15-36-21-10-6-3-7-11-21/h3,6-7,10-13,16,20,24,30H,2,4-5,8-9,14-15,17-19H2,1H3,(H,29,32). The number of Topliss-reactive ketones (excluding diaryl/α,β-unsaturated/α-hetero) is 1. The molecule has 0 radical (unpaired) electrons. The zero-order chi connectivity index (χ0) is 25.3. The van der Waals surface area contributed by atoms with E-state index in [-0.39, 0.29) is 12.5 Å². The largest absolute Gasteiger partial charge is 0.497 e. The molecule has 1 aliphatic carbocycles. The van der Waals surface area contributed by atoms with Gasteiger partial charge in [0.15, 0.2) is 0 Å². The van der Waals surface area contributed by atoms with Crippen LogP contribution in [0.4, 0.5) is 5.69 Å². The first-order chi connectivity index (χ1) is 17.5. The van der Waals surface area contributed by atoms with Gasteiger partial charge in [0.2, 0.25) is 11.7 Å². The zero-order valence-corrected chi connectivity index (χ0v) is 20.8. The first kappa shape index (κ1) is 25.5. The summed E-state index contributed by atoms with van der Waals surface area (Å²) < 4.78 is 10.9. The van der Waals surface area contributed by atoms with E-state index in [0.717, 1.165) is 42.7 Å². The van der Waals surface area contributed by atoms with Crippen LogP contribution in [0, 0.1) is 5.92 Å². The van der Waals surface area contributed by atoms with Crippen molar-refractivity contribution in [3.63, 3.8) is 0 Å². The van der Waals surface area contributed by atoms with Crippen LogP contribution in [0.3, 0.4) is 0 Å². The molecule has 0 bridgehead atoms. The van der Waals surface area contributed by atoms with Crippen LogP contribution in [0.15, 0.2) is 48.5 Å². The molecule has 1 saturated carbocycles. The number of fused-ring (bicyclic) bond motifs is 1. The first-order valence-electron chi connectivity index (χ1n) is 12.7. The Morgan fingerprint density at radius 1 is 1.03 bits per heavy atom. The second-order valence-electron chi connectivity index (χ2n) is 9.45. The number of benzene rings is 2. The molecule has 2 aromatic rings. The fraction of sp³-hybridized carbons (Fsp3) is 0.464. The van der Waals surface area contributed by atoms with Crippen LogP contribution in [-0.4, -0.2) is 62.4 Å². The van der Waals surface area contributed by atoms with Crippen LogP contribution in [0.2, 0.25) is 0 Å². The van der Waals surface area contributed by atoms with Gasteiger partial charge in [-0.3, -0.25) is 14.4 Å². The van der Waals surface area contributed by atoms with Crippen LogP contribution < -0.4 is 20.1 Å². The molecule has 8 heteroatoms. The van der Waals surface area contributed by atoms with Crippen molar-refractivity contribution < 1.29 is 23.9 Å². The molecule has 192 valence electrons. The van der Waals surface area contributed by atoms with Gasteiger partial charge < -0.3 is 25.0 Å². The quantitative estimate of drug-likeness (QED) is 0.368. The number of nitrogens with zero attached hydrogens (tertiary/aromatic N) is 1. The highest BCUT2D eigenvalue weighted by Crippen LogP contribution is 2.35. The lowest BCUT2D eigenvalue weighted by Gasteiger charge is -2.29. The minimum atomic E-state index is -0.591. The average molecular weight is 494 g/mol. The summed E-state index contributed by atoms with van der Waals surface area (Å²) in [4.78, 5) is 40.9. The second kappa shape index (κ2) is 12.4. The Morgan fingerprint density at radius 2 is 1.81 bits per heavy atom. The number of nitrogens with one attached hydrogen (secondary N) is 2. The lowest BCUT2D eigenvalue weighted by Crippen LogP contribution is -2.47. The molecule has 8 nitrogen and oxygen atoms in total. The Bertz CT molecular complexity index is 1050. The second-order valence-corrected chi connectivity index (χ2v) is 9.45. The SMILES string of the molecule is COc1ccc2c(c1)NCC2C(=O)C(=O)N(CC(=O)NCCOc1ccccc1)CC1CCCCC1. The number of ether oxygens (including phenoxy) is 2. The summed E-state index contributed by atoms with van der Waals surface area (Å²) in [7, 11) is 1.59. The monoisotopic (exact) mass is 493 g/mol. The van der Waals surface area contributed by atoms with Crippen LogP contribution in [0.5, 0.6) is 11.5 Å². The number of hydrogen-bond acceptors (Lipinski definition) is 6. The zero-order valence-electron chi connectivity index (χ0n) is 20.8. The maximum absolute atomic E-state index is 13.4. The Kier molecular flexibility index (Phi) is 8.81. The number of rotatable bonds is 11. The number of carbonyl (C=O) groups is 3. The molecule has 1 heterocycles. The Hall–Kier alpha value is -3.55. The number of amides is 2. The van der Waals surface area contributed by atoms with Crippen molar-refractivity contribution in [2.45, 2.75) is 38.0 Å². The van der Waals surface area contributed by atoms with Gasteiger partial charge in [0.1, 0.15) is 18.1 Å². The maximum atomic E-state index is 13.4. The van der Waals surface area contributed by atoms with Gasteiger partial charge >= 0.3 is 0 Å². The van der Waals surface area contributed by atoms with Crippen molar-refractivity contribution in [2.24, 2.45) is 5.92 Å². The number of ketones is 1. The molecular weight excluding hydrogens is 458 g/mol. The van der Waals surface area contributed by atoms with Crippen molar-refractivity contribution in [1.29, 1.82) is 0 Å². The third-order valence-corrected chi connectivity index (χ3v) is 6.92. The van der Waals surface area contributed by atoms with E-state index in [2.05, 4.69) is 10.6 Å². The molecule has 4 rings (SSSR count). The predicted molar refractivity (Wildman–Crippen MR) is 137 cm³/mol.